The molecule has 2 aromatic carbocycles. The third kappa shape index (κ3) is 3.96. The first kappa shape index (κ1) is 19.3. The summed E-state index contributed by atoms with van der Waals surface area (Å²) in [4.78, 5) is 12.7. The van der Waals surface area contributed by atoms with E-state index in [1.54, 1.807) is 49.4 Å². The first-order valence-electron chi connectivity index (χ1n) is 8.26. The van der Waals surface area contributed by atoms with Gasteiger partial charge in [0.25, 0.3) is 5.91 Å². The van der Waals surface area contributed by atoms with Crippen LogP contribution in [0.5, 0.6) is 11.5 Å². The van der Waals surface area contributed by atoms with E-state index in [4.69, 9.17) is 21.1 Å². The van der Waals surface area contributed by atoms with Crippen LogP contribution < -0.4 is 19.1 Å². The Kier molecular flexibility index (Phi) is 5.48. The fraction of sp³-hybridized carbons (Fsp3) is 0.278. The highest BCUT2D eigenvalue weighted by Gasteiger charge is 2.35. The fourth-order valence-corrected chi connectivity index (χ4v) is 4.11. The summed E-state index contributed by atoms with van der Waals surface area (Å²) in [6.45, 7) is 1.45. The Bertz CT molecular complexity index is 964. The molecule has 0 spiro atoms. The van der Waals surface area contributed by atoms with Gasteiger partial charge in [-0.2, -0.15) is 0 Å². The molecule has 0 saturated heterocycles. The number of fused-ring (bicyclic) bond motifs is 1. The van der Waals surface area contributed by atoms with Gasteiger partial charge in [-0.25, -0.2) is 8.42 Å². The minimum Gasteiger partial charge on any atom is -0.495 e. The molecule has 144 valence electrons. The third-order valence-electron chi connectivity index (χ3n) is 4.15. The molecule has 1 N–H and O–H groups in total. The van der Waals surface area contributed by atoms with E-state index < -0.39 is 22.0 Å². The predicted molar refractivity (Wildman–Crippen MR) is 104 cm³/mol. The number of ether oxygens (including phenoxy) is 2. The zero-order valence-electron chi connectivity index (χ0n) is 14.8. The third-order valence-corrected chi connectivity index (χ3v) is 6.19. The van der Waals surface area contributed by atoms with Gasteiger partial charge in [0.2, 0.25) is 10.0 Å². The van der Waals surface area contributed by atoms with Gasteiger partial charge in [0.15, 0.2) is 6.10 Å². The Morgan fingerprint density at radius 3 is 2.74 bits per heavy atom. The molecule has 9 heteroatoms. The van der Waals surface area contributed by atoms with Crippen molar-refractivity contribution < 1.29 is 22.7 Å². The van der Waals surface area contributed by atoms with Crippen LogP contribution in [0, 0.1) is 0 Å². The largest absolute Gasteiger partial charge is 0.495 e. The van der Waals surface area contributed by atoms with E-state index in [1.165, 1.54) is 11.4 Å². The predicted octanol–water partition coefficient (Wildman–Crippen LogP) is 2.90. The molecular formula is C18H19ClN2O5S. The Balaban J connectivity index is 1.85. The maximum absolute atomic E-state index is 12.7. The van der Waals surface area contributed by atoms with Crippen molar-refractivity contribution in [2.24, 2.45) is 0 Å². The van der Waals surface area contributed by atoms with Gasteiger partial charge >= 0.3 is 0 Å². The molecule has 2 aromatic rings. The van der Waals surface area contributed by atoms with Gasteiger partial charge in [0.05, 0.1) is 30.1 Å². The number of hydrogen-bond donors (Lipinski definition) is 1. The van der Waals surface area contributed by atoms with Crippen molar-refractivity contribution in [3.8, 4) is 11.5 Å². The zero-order chi connectivity index (χ0) is 19.6. The lowest BCUT2D eigenvalue weighted by Gasteiger charge is -2.34. The molecule has 1 atom stereocenters. The number of sulfonamides is 1. The molecule has 1 amide bonds. The summed E-state index contributed by atoms with van der Waals surface area (Å²) in [5.74, 6) is 0.275. The minimum absolute atomic E-state index is 0.0796. The second-order valence-corrected chi connectivity index (χ2v) is 8.43. The highest BCUT2D eigenvalue weighted by Crippen LogP contribution is 2.35. The molecule has 1 aliphatic heterocycles. The molecule has 0 saturated carbocycles. The number of halogens is 1. The topological polar surface area (TPSA) is 84.9 Å². The fourth-order valence-electron chi connectivity index (χ4n) is 2.72. The van der Waals surface area contributed by atoms with Crippen LogP contribution in [0.1, 0.15) is 6.92 Å². The Morgan fingerprint density at radius 2 is 2.07 bits per heavy atom. The number of anilines is 2. The second kappa shape index (κ2) is 7.66. The lowest BCUT2D eigenvalue weighted by molar-refractivity contribution is -0.122. The number of amides is 1. The van der Waals surface area contributed by atoms with Gasteiger partial charge in [0, 0.05) is 5.69 Å². The van der Waals surface area contributed by atoms with Crippen molar-refractivity contribution in [3.05, 3.63) is 47.5 Å². The molecule has 27 heavy (non-hydrogen) atoms. The van der Waals surface area contributed by atoms with Gasteiger partial charge in [-0.1, -0.05) is 23.7 Å². The van der Waals surface area contributed by atoms with E-state index in [1.807, 2.05) is 0 Å². The number of carbonyl (C=O) groups excluding carboxylic acids is 1. The average Bonchev–Trinajstić information content (AvgIpc) is 2.67. The van der Waals surface area contributed by atoms with Crippen LogP contribution in [-0.4, -0.2) is 39.8 Å². The summed E-state index contributed by atoms with van der Waals surface area (Å²) in [5, 5.41) is 3.05. The number of nitrogens with one attached hydrogen (secondary N) is 1. The molecule has 0 bridgehead atoms. The van der Waals surface area contributed by atoms with E-state index >= 15 is 0 Å². The number of benzene rings is 2. The minimum atomic E-state index is -3.55. The Labute approximate surface area is 162 Å². The van der Waals surface area contributed by atoms with Crippen LogP contribution in [-0.2, 0) is 14.8 Å². The van der Waals surface area contributed by atoms with Gasteiger partial charge in [-0.3, -0.25) is 9.10 Å². The maximum atomic E-state index is 12.7. The van der Waals surface area contributed by atoms with Crippen LogP contribution in [0.3, 0.4) is 0 Å². The summed E-state index contributed by atoms with van der Waals surface area (Å²) in [5.41, 5.74) is 0.883. The summed E-state index contributed by atoms with van der Waals surface area (Å²) in [6.07, 6.45) is -0.998. The molecule has 0 radical (unpaired) electrons. The molecular weight excluding hydrogens is 392 g/mol. The highest BCUT2D eigenvalue weighted by atomic mass is 35.5. The molecule has 0 aromatic heterocycles. The van der Waals surface area contributed by atoms with Gasteiger partial charge in [-0.05, 0) is 37.3 Å². The molecule has 0 unspecified atom stereocenters. The van der Waals surface area contributed by atoms with Crippen LogP contribution >= 0.6 is 11.6 Å². The monoisotopic (exact) mass is 410 g/mol. The molecule has 1 aliphatic rings. The number of hydrogen-bond acceptors (Lipinski definition) is 5. The molecule has 0 aliphatic carbocycles. The van der Waals surface area contributed by atoms with Crippen LogP contribution in [0.4, 0.5) is 11.4 Å². The van der Waals surface area contributed by atoms with Crippen LogP contribution in [0.25, 0.3) is 0 Å². The van der Waals surface area contributed by atoms with E-state index in [0.29, 0.717) is 27.9 Å². The van der Waals surface area contributed by atoms with Crippen molar-refractivity contribution in [1.82, 2.24) is 0 Å². The van der Waals surface area contributed by atoms with E-state index in [9.17, 15) is 13.2 Å². The van der Waals surface area contributed by atoms with Gasteiger partial charge in [-0.15, -0.1) is 0 Å². The number of carbonyl (C=O) groups is 1. The molecule has 7 nitrogen and oxygen atoms in total. The first-order chi connectivity index (χ1) is 12.9. The molecule has 3 rings (SSSR count). The first-order valence-corrected chi connectivity index (χ1v) is 10.2. The number of nitrogens with zero attached hydrogens (tertiary/aromatic N) is 1. The second-order valence-electron chi connectivity index (χ2n) is 5.84. The summed E-state index contributed by atoms with van der Waals surface area (Å²) in [7, 11) is -2.06. The van der Waals surface area contributed by atoms with Gasteiger partial charge in [0.1, 0.15) is 11.5 Å². The van der Waals surface area contributed by atoms with E-state index in [-0.39, 0.29) is 12.3 Å². The zero-order valence-corrected chi connectivity index (χ0v) is 16.4. The number of methoxy groups -OCH3 is 1. The van der Waals surface area contributed by atoms with Crippen LogP contribution in [0.2, 0.25) is 5.02 Å². The molecule has 1 heterocycles. The highest BCUT2D eigenvalue weighted by molar-refractivity contribution is 7.92. The van der Waals surface area contributed by atoms with Crippen molar-refractivity contribution in [2.75, 3.05) is 29.0 Å². The van der Waals surface area contributed by atoms with Gasteiger partial charge < -0.3 is 14.8 Å². The van der Waals surface area contributed by atoms with E-state index in [2.05, 4.69) is 5.32 Å². The Hall–Kier alpha value is -2.45. The smallest absolute Gasteiger partial charge is 0.267 e. The average molecular weight is 411 g/mol. The summed E-state index contributed by atoms with van der Waals surface area (Å²) >= 11 is 6.07. The number of para-hydroxylation sites is 2. The standard InChI is InChI=1S/C18H19ClN2O5S/c1-3-27(23,24)21-11-17(26-16-7-5-4-6-14(16)21)18(22)20-12-8-9-15(25-2)13(19)10-12/h4-10,17H,3,11H2,1-2H3,(H,20,22)/t17-/m1/s1. The SMILES string of the molecule is CCS(=O)(=O)N1C[C@H](C(=O)Nc2ccc(OC)c(Cl)c2)Oc2ccccc21. The quantitative estimate of drug-likeness (QED) is 0.819. The summed E-state index contributed by atoms with van der Waals surface area (Å²) in [6, 6.07) is 11.6. The van der Waals surface area contributed by atoms with E-state index in [0.717, 1.165) is 0 Å². The summed E-state index contributed by atoms with van der Waals surface area (Å²) < 4.78 is 37.0. The van der Waals surface area contributed by atoms with Crippen LogP contribution in [0.15, 0.2) is 42.5 Å². The lowest BCUT2D eigenvalue weighted by Crippen LogP contribution is -2.49. The van der Waals surface area contributed by atoms with Crippen molar-refractivity contribution >= 4 is 38.9 Å². The normalized spacial score (nSPS) is 16.3. The van der Waals surface area contributed by atoms with Crippen molar-refractivity contribution in [2.45, 2.75) is 13.0 Å². The van der Waals surface area contributed by atoms with Crippen molar-refractivity contribution in [3.63, 3.8) is 0 Å². The molecule has 0 fully saturated rings. The van der Waals surface area contributed by atoms with Crippen molar-refractivity contribution in [1.29, 1.82) is 0 Å². The maximum Gasteiger partial charge on any atom is 0.267 e. The lowest BCUT2D eigenvalue weighted by atomic mass is 10.2. The number of rotatable bonds is 5. The Morgan fingerprint density at radius 1 is 1.33 bits per heavy atom.